The van der Waals surface area contributed by atoms with Gasteiger partial charge in [-0.05, 0) is 60.2 Å². The van der Waals surface area contributed by atoms with Crippen LogP contribution in [0.3, 0.4) is 0 Å². The lowest BCUT2D eigenvalue weighted by atomic mass is 10.1. The highest BCUT2D eigenvalue weighted by Gasteiger charge is 2.11. The van der Waals surface area contributed by atoms with Crippen LogP contribution >= 0.6 is 23.8 Å². The lowest BCUT2D eigenvalue weighted by Gasteiger charge is -2.11. The molecule has 0 fully saturated rings. The van der Waals surface area contributed by atoms with Crippen molar-refractivity contribution in [2.24, 2.45) is 0 Å². The lowest BCUT2D eigenvalue weighted by Crippen LogP contribution is -2.34. The predicted octanol–water partition coefficient (Wildman–Crippen LogP) is 5.02. The maximum absolute atomic E-state index is 12.3. The van der Waals surface area contributed by atoms with Gasteiger partial charge in [0.25, 0.3) is 5.91 Å². The number of amides is 1. The summed E-state index contributed by atoms with van der Waals surface area (Å²) in [5.74, 6) is 0.204. The summed E-state index contributed by atoms with van der Waals surface area (Å²) < 4.78 is 5.36. The minimum Gasteiger partial charge on any atom is -0.492 e. The fraction of sp³-hybridized carbons (Fsp3) is 0.100. The van der Waals surface area contributed by atoms with E-state index in [1.807, 2.05) is 49.4 Å². The number of halogens is 1. The molecule has 3 aromatic rings. The molecule has 3 aromatic carbocycles. The first-order valence-electron chi connectivity index (χ1n) is 8.10. The number of thiocarbonyl (C=S) groups is 1. The Hall–Kier alpha value is -2.63. The molecule has 4 nitrogen and oxygen atoms in total. The SMILES string of the molecule is CCOc1ccc(C(=O)NC(=S)Nc2ccc3ccccc3c2)cc1Cl. The van der Waals surface area contributed by atoms with E-state index in [1.54, 1.807) is 18.2 Å². The van der Waals surface area contributed by atoms with Crippen LogP contribution in [0.2, 0.25) is 5.02 Å². The second kappa shape index (κ2) is 8.17. The third-order valence-electron chi connectivity index (χ3n) is 3.73. The van der Waals surface area contributed by atoms with E-state index in [0.717, 1.165) is 16.5 Å². The van der Waals surface area contributed by atoms with Crippen molar-refractivity contribution in [2.75, 3.05) is 11.9 Å². The molecule has 0 bridgehead atoms. The quantitative estimate of drug-likeness (QED) is 0.620. The molecule has 132 valence electrons. The number of fused-ring (bicyclic) bond motifs is 1. The van der Waals surface area contributed by atoms with Crippen LogP contribution in [0.4, 0.5) is 5.69 Å². The molecule has 0 aliphatic carbocycles. The summed E-state index contributed by atoms with van der Waals surface area (Å²) in [7, 11) is 0. The van der Waals surface area contributed by atoms with Gasteiger partial charge in [0.15, 0.2) is 5.11 Å². The monoisotopic (exact) mass is 384 g/mol. The van der Waals surface area contributed by atoms with E-state index in [2.05, 4.69) is 10.6 Å². The Bertz CT molecular complexity index is 975. The van der Waals surface area contributed by atoms with E-state index >= 15 is 0 Å². The van der Waals surface area contributed by atoms with E-state index in [4.69, 9.17) is 28.6 Å². The van der Waals surface area contributed by atoms with Gasteiger partial charge in [0.2, 0.25) is 0 Å². The van der Waals surface area contributed by atoms with Crippen LogP contribution in [0.5, 0.6) is 5.75 Å². The van der Waals surface area contributed by atoms with Crippen molar-refractivity contribution in [1.82, 2.24) is 5.32 Å². The Balaban J connectivity index is 1.66. The van der Waals surface area contributed by atoms with Crippen molar-refractivity contribution in [3.05, 3.63) is 71.2 Å². The highest BCUT2D eigenvalue weighted by atomic mass is 35.5. The largest absolute Gasteiger partial charge is 0.492 e. The van der Waals surface area contributed by atoms with Crippen LogP contribution in [0.1, 0.15) is 17.3 Å². The zero-order valence-electron chi connectivity index (χ0n) is 14.1. The van der Waals surface area contributed by atoms with Gasteiger partial charge in [0.05, 0.1) is 11.6 Å². The molecule has 26 heavy (non-hydrogen) atoms. The highest BCUT2D eigenvalue weighted by molar-refractivity contribution is 7.80. The predicted molar refractivity (Wildman–Crippen MR) is 110 cm³/mol. The average molecular weight is 385 g/mol. The molecule has 0 aliphatic heterocycles. The number of hydrogen-bond acceptors (Lipinski definition) is 3. The second-order valence-electron chi connectivity index (χ2n) is 5.55. The second-order valence-corrected chi connectivity index (χ2v) is 6.36. The van der Waals surface area contributed by atoms with Crippen molar-refractivity contribution in [1.29, 1.82) is 0 Å². The van der Waals surface area contributed by atoms with Gasteiger partial charge in [0, 0.05) is 11.3 Å². The van der Waals surface area contributed by atoms with Gasteiger partial charge in [-0.1, -0.05) is 41.9 Å². The van der Waals surface area contributed by atoms with Crippen molar-refractivity contribution in [3.8, 4) is 5.75 Å². The number of benzene rings is 3. The third kappa shape index (κ3) is 4.31. The Labute approximate surface area is 162 Å². The molecular weight excluding hydrogens is 368 g/mol. The molecule has 0 saturated carbocycles. The summed E-state index contributed by atoms with van der Waals surface area (Å²) in [6.07, 6.45) is 0. The molecule has 0 saturated heterocycles. The van der Waals surface area contributed by atoms with Crippen molar-refractivity contribution < 1.29 is 9.53 Å². The number of nitrogens with one attached hydrogen (secondary N) is 2. The van der Waals surface area contributed by atoms with Crippen LogP contribution in [-0.2, 0) is 0 Å². The van der Waals surface area contributed by atoms with E-state index < -0.39 is 0 Å². The van der Waals surface area contributed by atoms with E-state index in [9.17, 15) is 4.79 Å². The van der Waals surface area contributed by atoms with Gasteiger partial charge in [-0.3, -0.25) is 10.1 Å². The Morgan fingerprint density at radius 3 is 2.58 bits per heavy atom. The van der Waals surface area contributed by atoms with Gasteiger partial charge >= 0.3 is 0 Å². The maximum atomic E-state index is 12.3. The molecule has 0 spiro atoms. The summed E-state index contributed by atoms with van der Waals surface area (Å²) in [6, 6.07) is 18.8. The Kier molecular flexibility index (Phi) is 5.71. The number of carbonyl (C=O) groups excluding carboxylic acids is 1. The van der Waals surface area contributed by atoms with Crippen LogP contribution in [0, 0.1) is 0 Å². The summed E-state index contributed by atoms with van der Waals surface area (Å²) >= 11 is 11.4. The molecular formula is C20H17ClN2O2S. The number of ether oxygens (including phenoxy) is 1. The van der Waals surface area contributed by atoms with Gasteiger partial charge in [-0.25, -0.2) is 0 Å². The zero-order valence-corrected chi connectivity index (χ0v) is 15.7. The first-order chi connectivity index (χ1) is 12.6. The topological polar surface area (TPSA) is 50.4 Å². The Morgan fingerprint density at radius 2 is 1.85 bits per heavy atom. The summed E-state index contributed by atoms with van der Waals surface area (Å²) in [6.45, 7) is 2.37. The maximum Gasteiger partial charge on any atom is 0.257 e. The van der Waals surface area contributed by atoms with Gasteiger partial charge in [-0.2, -0.15) is 0 Å². The Morgan fingerprint density at radius 1 is 1.08 bits per heavy atom. The number of rotatable bonds is 4. The highest BCUT2D eigenvalue weighted by Crippen LogP contribution is 2.25. The number of hydrogen-bond donors (Lipinski definition) is 2. The molecule has 0 aliphatic rings. The van der Waals surface area contributed by atoms with E-state index in [1.165, 1.54) is 0 Å². The minimum absolute atomic E-state index is 0.218. The molecule has 0 aromatic heterocycles. The fourth-order valence-electron chi connectivity index (χ4n) is 2.52. The standard InChI is InChI=1S/C20H17ClN2O2S/c1-2-25-18-10-8-15(12-17(18)21)19(24)23-20(26)22-16-9-7-13-5-3-4-6-14(13)11-16/h3-12H,2H2,1H3,(H2,22,23,24,26). The van der Waals surface area contributed by atoms with Crippen molar-refractivity contribution in [3.63, 3.8) is 0 Å². The van der Waals surface area contributed by atoms with Crippen LogP contribution in [-0.4, -0.2) is 17.6 Å². The first kappa shape index (κ1) is 18.2. The van der Waals surface area contributed by atoms with Crippen molar-refractivity contribution >= 4 is 51.3 Å². The molecule has 1 amide bonds. The summed E-state index contributed by atoms with van der Waals surface area (Å²) in [5.41, 5.74) is 1.21. The summed E-state index contributed by atoms with van der Waals surface area (Å²) in [5, 5.41) is 8.50. The average Bonchev–Trinajstić information content (AvgIpc) is 2.63. The molecule has 2 N–H and O–H groups in total. The molecule has 3 rings (SSSR count). The number of carbonyl (C=O) groups is 1. The van der Waals surface area contributed by atoms with Crippen LogP contribution in [0.25, 0.3) is 10.8 Å². The molecule has 0 radical (unpaired) electrons. The van der Waals surface area contributed by atoms with Gasteiger partial charge in [0.1, 0.15) is 5.75 Å². The summed E-state index contributed by atoms with van der Waals surface area (Å²) in [4.78, 5) is 12.3. The molecule has 6 heteroatoms. The number of anilines is 1. The first-order valence-corrected chi connectivity index (χ1v) is 8.89. The minimum atomic E-state index is -0.340. The van der Waals surface area contributed by atoms with Crippen LogP contribution < -0.4 is 15.4 Å². The van der Waals surface area contributed by atoms with Gasteiger partial charge in [-0.15, -0.1) is 0 Å². The van der Waals surface area contributed by atoms with Crippen molar-refractivity contribution in [2.45, 2.75) is 6.92 Å². The van der Waals surface area contributed by atoms with Crippen LogP contribution in [0.15, 0.2) is 60.7 Å². The lowest BCUT2D eigenvalue weighted by molar-refractivity contribution is 0.0977. The normalized spacial score (nSPS) is 10.4. The van der Waals surface area contributed by atoms with E-state index in [-0.39, 0.29) is 11.0 Å². The molecule has 0 atom stereocenters. The zero-order chi connectivity index (χ0) is 18.5. The molecule has 0 heterocycles. The van der Waals surface area contributed by atoms with Gasteiger partial charge < -0.3 is 10.1 Å². The smallest absolute Gasteiger partial charge is 0.257 e. The third-order valence-corrected chi connectivity index (χ3v) is 4.23. The molecule has 0 unspecified atom stereocenters. The fourth-order valence-corrected chi connectivity index (χ4v) is 2.96. The van der Waals surface area contributed by atoms with E-state index in [0.29, 0.717) is 22.9 Å².